The van der Waals surface area contributed by atoms with Crippen LogP contribution in [-0.4, -0.2) is 46.1 Å². The van der Waals surface area contributed by atoms with Gasteiger partial charge in [0, 0.05) is 30.9 Å². The zero-order valence-corrected chi connectivity index (χ0v) is 13.8. The van der Waals surface area contributed by atoms with Gasteiger partial charge in [-0.05, 0) is 44.6 Å². The largest absolute Gasteiger partial charge is 0.481 e. The number of piperidine rings is 1. The molecule has 1 unspecified atom stereocenters. The smallest absolute Gasteiger partial charge is 0.308 e. The number of carbonyl (C=O) groups excluding carboxylic acids is 1. The fourth-order valence-corrected chi connectivity index (χ4v) is 3.51. The highest BCUT2D eigenvalue weighted by atomic mass is 16.5. The predicted molar refractivity (Wildman–Crippen MR) is 88.0 cm³/mol. The summed E-state index contributed by atoms with van der Waals surface area (Å²) >= 11 is 0. The summed E-state index contributed by atoms with van der Waals surface area (Å²) in [6.07, 6.45) is 8.79. The first-order valence-electron chi connectivity index (χ1n) is 8.78. The third kappa shape index (κ3) is 4.04. The molecule has 1 aromatic heterocycles. The molecule has 0 bridgehead atoms. The van der Waals surface area contributed by atoms with Crippen molar-refractivity contribution in [3.05, 3.63) is 23.9 Å². The fraction of sp³-hybridized carbons (Fsp3) is 0.611. The lowest BCUT2D eigenvalue weighted by Crippen LogP contribution is -2.42. The summed E-state index contributed by atoms with van der Waals surface area (Å²) in [6, 6.07) is 3.35. The van der Waals surface area contributed by atoms with E-state index in [-0.39, 0.29) is 18.6 Å². The van der Waals surface area contributed by atoms with Crippen molar-refractivity contribution < 1.29 is 19.4 Å². The first-order valence-corrected chi connectivity index (χ1v) is 8.78. The lowest BCUT2D eigenvalue weighted by molar-refractivity contribution is -0.143. The van der Waals surface area contributed by atoms with Crippen LogP contribution < -0.4 is 4.74 Å². The van der Waals surface area contributed by atoms with Crippen molar-refractivity contribution in [3.63, 3.8) is 0 Å². The van der Waals surface area contributed by atoms with E-state index in [4.69, 9.17) is 9.84 Å². The minimum atomic E-state index is -0.830. The molecular formula is C18H24N2O4. The molecule has 130 valence electrons. The van der Waals surface area contributed by atoms with Gasteiger partial charge in [0.15, 0.2) is 0 Å². The number of carboxylic acids is 1. The number of carbonyl (C=O) groups is 2. The Kier molecular flexibility index (Phi) is 5.33. The molecule has 1 aliphatic heterocycles. The van der Waals surface area contributed by atoms with E-state index in [0.29, 0.717) is 24.4 Å². The van der Waals surface area contributed by atoms with Crippen LogP contribution in [0.3, 0.4) is 0 Å². The average molecular weight is 332 g/mol. The summed E-state index contributed by atoms with van der Waals surface area (Å²) in [4.78, 5) is 29.7. The van der Waals surface area contributed by atoms with Crippen molar-refractivity contribution in [2.75, 3.05) is 13.1 Å². The molecule has 2 fully saturated rings. The zero-order valence-electron chi connectivity index (χ0n) is 13.8. The predicted octanol–water partition coefficient (Wildman–Crippen LogP) is 2.73. The number of likely N-dealkylation sites (tertiary alicyclic amines) is 1. The van der Waals surface area contributed by atoms with Gasteiger partial charge in [0.25, 0.3) is 5.91 Å². The number of hydrogen-bond donors (Lipinski definition) is 1. The lowest BCUT2D eigenvalue weighted by Gasteiger charge is -2.30. The van der Waals surface area contributed by atoms with Gasteiger partial charge in [-0.3, -0.25) is 9.59 Å². The van der Waals surface area contributed by atoms with E-state index in [1.165, 1.54) is 19.3 Å². The van der Waals surface area contributed by atoms with Crippen molar-refractivity contribution in [2.24, 2.45) is 5.92 Å². The number of amides is 1. The summed E-state index contributed by atoms with van der Waals surface area (Å²) < 4.78 is 5.92. The van der Waals surface area contributed by atoms with Gasteiger partial charge in [-0.2, -0.15) is 0 Å². The molecule has 1 N–H and O–H groups in total. The lowest BCUT2D eigenvalue weighted by atomic mass is 9.97. The van der Waals surface area contributed by atoms with Crippen molar-refractivity contribution in [1.29, 1.82) is 0 Å². The number of aliphatic carboxylic acids is 1. The van der Waals surface area contributed by atoms with E-state index >= 15 is 0 Å². The quantitative estimate of drug-likeness (QED) is 0.917. The summed E-state index contributed by atoms with van der Waals surface area (Å²) in [6.45, 7) is 0.874. The number of nitrogens with zero attached hydrogens (tertiary/aromatic N) is 2. The molecule has 1 atom stereocenters. The van der Waals surface area contributed by atoms with E-state index in [1.807, 2.05) is 0 Å². The van der Waals surface area contributed by atoms with Crippen molar-refractivity contribution in [3.8, 4) is 5.88 Å². The second-order valence-corrected chi connectivity index (χ2v) is 6.69. The van der Waals surface area contributed by atoms with Crippen molar-refractivity contribution in [2.45, 2.75) is 51.0 Å². The Labute approximate surface area is 141 Å². The third-order valence-electron chi connectivity index (χ3n) is 4.88. The molecular weight excluding hydrogens is 308 g/mol. The molecule has 6 heteroatoms. The molecule has 1 amide bonds. The Balaban J connectivity index is 1.66. The number of hydrogen-bond acceptors (Lipinski definition) is 4. The van der Waals surface area contributed by atoms with Gasteiger partial charge in [0.05, 0.1) is 5.92 Å². The maximum atomic E-state index is 12.7. The highest BCUT2D eigenvalue weighted by molar-refractivity contribution is 5.94. The molecule has 1 aliphatic carbocycles. The average Bonchev–Trinajstić information content (AvgIpc) is 2.62. The van der Waals surface area contributed by atoms with Crippen LogP contribution in [0.1, 0.15) is 55.3 Å². The van der Waals surface area contributed by atoms with Gasteiger partial charge in [-0.1, -0.05) is 6.42 Å². The standard InChI is InChI=1S/C18H24N2O4/c21-17(20-10-4-5-14(12-20)18(22)23)13-8-9-19-16(11-13)24-15-6-2-1-3-7-15/h8-9,11,14-15H,1-7,10,12H2,(H,22,23). The Bertz CT molecular complexity index is 598. The van der Waals surface area contributed by atoms with Crippen LogP contribution in [0.15, 0.2) is 18.3 Å². The first kappa shape index (κ1) is 16.7. The normalized spacial score (nSPS) is 22.2. The van der Waals surface area contributed by atoms with Gasteiger partial charge < -0.3 is 14.7 Å². The van der Waals surface area contributed by atoms with Crippen molar-refractivity contribution >= 4 is 11.9 Å². The molecule has 24 heavy (non-hydrogen) atoms. The minimum Gasteiger partial charge on any atom is -0.481 e. The van der Waals surface area contributed by atoms with Gasteiger partial charge in [0.1, 0.15) is 6.10 Å². The van der Waals surface area contributed by atoms with Crippen LogP contribution in [-0.2, 0) is 4.79 Å². The second-order valence-electron chi connectivity index (χ2n) is 6.69. The molecule has 6 nitrogen and oxygen atoms in total. The van der Waals surface area contributed by atoms with Crippen LogP contribution in [0, 0.1) is 5.92 Å². The number of carboxylic acid groups (broad SMARTS) is 1. The highest BCUT2D eigenvalue weighted by Gasteiger charge is 2.29. The molecule has 0 spiro atoms. The van der Waals surface area contributed by atoms with E-state index in [1.54, 1.807) is 23.2 Å². The fourth-order valence-electron chi connectivity index (χ4n) is 3.51. The number of pyridine rings is 1. The molecule has 1 saturated heterocycles. The summed E-state index contributed by atoms with van der Waals surface area (Å²) in [5, 5.41) is 9.17. The topological polar surface area (TPSA) is 79.7 Å². The Hall–Kier alpha value is -2.11. The third-order valence-corrected chi connectivity index (χ3v) is 4.88. The highest BCUT2D eigenvalue weighted by Crippen LogP contribution is 2.24. The van der Waals surface area contributed by atoms with E-state index in [9.17, 15) is 9.59 Å². The molecule has 2 aliphatic rings. The Morgan fingerprint density at radius 2 is 1.96 bits per heavy atom. The Morgan fingerprint density at radius 1 is 1.17 bits per heavy atom. The first-order chi connectivity index (χ1) is 11.6. The van der Waals surface area contributed by atoms with Crippen molar-refractivity contribution in [1.82, 2.24) is 9.88 Å². The summed E-state index contributed by atoms with van der Waals surface area (Å²) in [5.41, 5.74) is 0.516. The van der Waals surface area contributed by atoms with Crippen LogP contribution in [0.2, 0.25) is 0 Å². The molecule has 1 saturated carbocycles. The Morgan fingerprint density at radius 3 is 2.71 bits per heavy atom. The molecule has 2 heterocycles. The van der Waals surface area contributed by atoms with Gasteiger partial charge in [0.2, 0.25) is 5.88 Å². The second kappa shape index (κ2) is 7.64. The van der Waals surface area contributed by atoms with Crippen LogP contribution in [0.5, 0.6) is 5.88 Å². The summed E-state index contributed by atoms with van der Waals surface area (Å²) in [5.74, 6) is -0.956. The van der Waals surface area contributed by atoms with Crippen LogP contribution in [0.4, 0.5) is 0 Å². The van der Waals surface area contributed by atoms with Crippen LogP contribution in [0.25, 0.3) is 0 Å². The SMILES string of the molecule is O=C(O)C1CCCN(C(=O)c2ccnc(OC3CCCCC3)c2)C1. The van der Waals surface area contributed by atoms with Gasteiger partial charge in [-0.15, -0.1) is 0 Å². The molecule has 1 aromatic rings. The minimum absolute atomic E-state index is 0.142. The van der Waals surface area contributed by atoms with Crippen LogP contribution >= 0.6 is 0 Å². The zero-order chi connectivity index (χ0) is 16.9. The summed E-state index contributed by atoms with van der Waals surface area (Å²) in [7, 11) is 0. The monoisotopic (exact) mass is 332 g/mol. The van der Waals surface area contributed by atoms with E-state index in [0.717, 1.165) is 19.3 Å². The molecule has 0 radical (unpaired) electrons. The van der Waals surface area contributed by atoms with E-state index in [2.05, 4.69) is 4.98 Å². The number of aromatic nitrogens is 1. The molecule has 0 aromatic carbocycles. The number of ether oxygens (including phenoxy) is 1. The van der Waals surface area contributed by atoms with E-state index < -0.39 is 11.9 Å². The van der Waals surface area contributed by atoms with Gasteiger partial charge in [-0.25, -0.2) is 4.98 Å². The molecule has 3 rings (SSSR count). The van der Waals surface area contributed by atoms with Gasteiger partial charge >= 0.3 is 5.97 Å². The maximum absolute atomic E-state index is 12.7. The maximum Gasteiger partial charge on any atom is 0.308 e. The number of rotatable bonds is 4.